The summed E-state index contributed by atoms with van der Waals surface area (Å²) in [5.41, 5.74) is 6.43. The lowest BCUT2D eigenvalue weighted by molar-refractivity contribution is 0.229. The van der Waals surface area contributed by atoms with Crippen molar-refractivity contribution in [3.05, 3.63) is 47.4 Å². The van der Waals surface area contributed by atoms with E-state index in [2.05, 4.69) is 10.1 Å². The fraction of sp³-hybridized carbons (Fsp3) is 0.286. The van der Waals surface area contributed by atoms with Gasteiger partial charge in [-0.15, -0.1) is 0 Å². The first-order valence-corrected chi connectivity index (χ1v) is 6.22. The number of hydrogen-bond donors (Lipinski definition) is 1. The van der Waals surface area contributed by atoms with E-state index in [1.807, 2.05) is 0 Å². The lowest BCUT2D eigenvalue weighted by Gasteiger charge is -2.34. The van der Waals surface area contributed by atoms with Gasteiger partial charge in [0, 0.05) is 6.08 Å². The van der Waals surface area contributed by atoms with Crippen molar-refractivity contribution in [3.63, 3.8) is 0 Å². The van der Waals surface area contributed by atoms with Crippen LogP contribution in [-0.2, 0) is 5.54 Å². The highest BCUT2D eigenvalue weighted by molar-refractivity contribution is 5.65. The zero-order valence-electron chi connectivity index (χ0n) is 10.3. The number of nitrogens with two attached hydrogens (primary N) is 1. The Labute approximate surface area is 110 Å². The molecule has 5 heteroatoms. The SMILES string of the molecule is NC1(c2noc(/C=C/c3cccc(F)c3)n2)CCC1. The summed E-state index contributed by atoms with van der Waals surface area (Å²) in [5, 5.41) is 3.90. The van der Waals surface area contributed by atoms with Gasteiger partial charge in [-0.2, -0.15) is 4.98 Å². The normalized spacial score (nSPS) is 17.6. The first kappa shape index (κ1) is 12.0. The van der Waals surface area contributed by atoms with Crippen LogP contribution in [0.3, 0.4) is 0 Å². The van der Waals surface area contributed by atoms with Gasteiger partial charge in [0.1, 0.15) is 5.82 Å². The average Bonchev–Trinajstić information content (AvgIpc) is 2.83. The Morgan fingerprint density at radius 3 is 2.84 bits per heavy atom. The summed E-state index contributed by atoms with van der Waals surface area (Å²) in [7, 11) is 0. The van der Waals surface area contributed by atoms with Crippen molar-refractivity contribution >= 4 is 12.2 Å². The van der Waals surface area contributed by atoms with Gasteiger partial charge < -0.3 is 10.3 Å². The Morgan fingerprint density at radius 2 is 2.16 bits per heavy atom. The second-order valence-corrected chi connectivity index (χ2v) is 4.85. The molecular formula is C14H14FN3O. The highest BCUT2D eigenvalue weighted by atomic mass is 19.1. The number of halogens is 1. The van der Waals surface area contributed by atoms with E-state index >= 15 is 0 Å². The molecule has 1 aliphatic rings. The van der Waals surface area contributed by atoms with Gasteiger partial charge in [0.05, 0.1) is 5.54 Å². The lowest BCUT2D eigenvalue weighted by atomic mass is 9.77. The maximum Gasteiger partial charge on any atom is 0.250 e. The summed E-state index contributed by atoms with van der Waals surface area (Å²) in [4.78, 5) is 4.26. The second-order valence-electron chi connectivity index (χ2n) is 4.85. The molecule has 0 aliphatic heterocycles. The van der Waals surface area contributed by atoms with E-state index in [1.54, 1.807) is 24.3 Å². The fourth-order valence-electron chi connectivity index (χ4n) is 2.06. The molecule has 19 heavy (non-hydrogen) atoms. The van der Waals surface area contributed by atoms with Crippen LogP contribution in [0.4, 0.5) is 4.39 Å². The third-order valence-corrected chi connectivity index (χ3v) is 3.40. The molecular weight excluding hydrogens is 245 g/mol. The van der Waals surface area contributed by atoms with Crippen LogP contribution in [0.2, 0.25) is 0 Å². The molecule has 2 aromatic rings. The highest BCUT2D eigenvalue weighted by Crippen LogP contribution is 2.36. The van der Waals surface area contributed by atoms with Crippen molar-refractivity contribution < 1.29 is 8.91 Å². The minimum atomic E-state index is -0.422. The van der Waals surface area contributed by atoms with Crippen LogP contribution in [0.1, 0.15) is 36.5 Å². The number of rotatable bonds is 3. The van der Waals surface area contributed by atoms with Gasteiger partial charge in [-0.05, 0) is 43.0 Å². The molecule has 0 spiro atoms. The zero-order chi connectivity index (χ0) is 13.3. The van der Waals surface area contributed by atoms with Crippen molar-refractivity contribution in [3.8, 4) is 0 Å². The summed E-state index contributed by atoms with van der Waals surface area (Å²) < 4.78 is 18.1. The predicted octanol–water partition coefficient (Wildman–Crippen LogP) is 2.72. The quantitative estimate of drug-likeness (QED) is 0.920. The van der Waals surface area contributed by atoms with Crippen molar-refractivity contribution in [2.45, 2.75) is 24.8 Å². The van der Waals surface area contributed by atoms with Crippen LogP contribution in [0.15, 0.2) is 28.8 Å². The van der Waals surface area contributed by atoms with Gasteiger partial charge in [0.15, 0.2) is 5.82 Å². The van der Waals surface area contributed by atoms with Gasteiger partial charge in [-0.25, -0.2) is 4.39 Å². The van der Waals surface area contributed by atoms with E-state index in [9.17, 15) is 4.39 Å². The maximum atomic E-state index is 13.0. The van der Waals surface area contributed by atoms with Gasteiger partial charge in [-0.3, -0.25) is 0 Å². The van der Waals surface area contributed by atoms with Crippen molar-refractivity contribution in [2.75, 3.05) is 0 Å². The molecule has 3 rings (SSSR count). The number of benzene rings is 1. The van der Waals surface area contributed by atoms with Gasteiger partial charge in [-0.1, -0.05) is 17.3 Å². The molecule has 1 aromatic heterocycles. The van der Waals surface area contributed by atoms with Crippen molar-refractivity contribution in [2.24, 2.45) is 5.73 Å². The molecule has 1 saturated carbocycles. The molecule has 0 amide bonds. The summed E-state index contributed by atoms with van der Waals surface area (Å²) in [6.45, 7) is 0. The van der Waals surface area contributed by atoms with E-state index in [1.165, 1.54) is 12.1 Å². The monoisotopic (exact) mass is 259 g/mol. The van der Waals surface area contributed by atoms with E-state index < -0.39 is 5.54 Å². The van der Waals surface area contributed by atoms with E-state index in [-0.39, 0.29) is 5.82 Å². The van der Waals surface area contributed by atoms with Crippen LogP contribution in [0, 0.1) is 5.82 Å². The van der Waals surface area contributed by atoms with E-state index in [4.69, 9.17) is 10.3 Å². The number of aromatic nitrogens is 2. The molecule has 0 bridgehead atoms. The highest BCUT2D eigenvalue weighted by Gasteiger charge is 2.38. The largest absolute Gasteiger partial charge is 0.335 e. The van der Waals surface area contributed by atoms with Crippen molar-refractivity contribution in [1.29, 1.82) is 0 Å². The van der Waals surface area contributed by atoms with Crippen LogP contribution in [-0.4, -0.2) is 10.1 Å². The predicted molar refractivity (Wildman–Crippen MR) is 69.3 cm³/mol. The molecule has 98 valence electrons. The maximum absolute atomic E-state index is 13.0. The molecule has 4 nitrogen and oxygen atoms in total. The Morgan fingerprint density at radius 1 is 1.32 bits per heavy atom. The van der Waals surface area contributed by atoms with Crippen LogP contribution in [0.5, 0.6) is 0 Å². The van der Waals surface area contributed by atoms with Crippen LogP contribution < -0.4 is 5.73 Å². The minimum Gasteiger partial charge on any atom is -0.335 e. The topological polar surface area (TPSA) is 64.9 Å². The summed E-state index contributed by atoms with van der Waals surface area (Å²) >= 11 is 0. The molecule has 0 saturated heterocycles. The summed E-state index contributed by atoms with van der Waals surface area (Å²) in [6, 6.07) is 6.28. The first-order valence-electron chi connectivity index (χ1n) is 6.22. The minimum absolute atomic E-state index is 0.274. The van der Waals surface area contributed by atoms with E-state index in [0.29, 0.717) is 11.7 Å². The Kier molecular flexibility index (Phi) is 2.91. The van der Waals surface area contributed by atoms with Gasteiger partial charge in [0.25, 0.3) is 5.89 Å². The first-order chi connectivity index (χ1) is 9.16. The Hall–Kier alpha value is -2.01. The molecule has 1 heterocycles. The smallest absolute Gasteiger partial charge is 0.250 e. The third-order valence-electron chi connectivity index (χ3n) is 3.40. The third kappa shape index (κ3) is 2.42. The number of hydrogen-bond acceptors (Lipinski definition) is 4. The standard InChI is InChI=1S/C14H14FN3O/c15-11-4-1-3-10(9-11)5-6-12-17-13(18-19-12)14(16)7-2-8-14/h1,3-6,9H,2,7-8,16H2/b6-5+. The molecule has 0 atom stereocenters. The van der Waals surface area contributed by atoms with Gasteiger partial charge in [0.2, 0.25) is 0 Å². The Balaban J connectivity index is 1.77. The van der Waals surface area contributed by atoms with E-state index in [0.717, 1.165) is 24.8 Å². The molecule has 2 N–H and O–H groups in total. The second kappa shape index (κ2) is 4.59. The van der Waals surface area contributed by atoms with Crippen LogP contribution in [0.25, 0.3) is 12.2 Å². The molecule has 0 unspecified atom stereocenters. The molecule has 0 radical (unpaired) electrons. The lowest BCUT2D eigenvalue weighted by Crippen LogP contribution is -2.44. The summed E-state index contributed by atoms with van der Waals surface area (Å²) in [6.07, 6.45) is 6.26. The fourth-order valence-corrected chi connectivity index (χ4v) is 2.06. The molecule has 1 fully saturated rings. The number of nitrogens with zero attached hydrogens (tertiary/aromatic N) is 2. The average molecular weight is 259 g/mol. The summed E-state index contributed by atoms with van der Waals surface area (Å²) in [5.74, 6) is 0.664. The van der Waals surface area contributed by atoms with Crippen LogP contribution >= 0.6 is 0 Å². The van der Waals surface area contributed by atoms with Gasteiger partial charge >= 0.3 is 0 Å². The van der Waals surface area contributed by atoms with Crippen molar-refractivity contribution in [1.82, 2.24) is 10.1 Å². The molecule has 1 aliphatic carbocycles. The Bertz CT molecular complexity index is 617. The zero-order valence-corrected chi connectivity index (χ0v) is 10.3. The molecule has 1 aromatic carbocycles.